The Bertz CT molecular complexity index is 990. The molecule has 1 aromatic heterocycles. The molecule has 0 aliphatic carbocycles. The molecule has 1 aliphatic rings. The first-order valence-corrected chi connectivity index (χ1v) is 10.1. The summed E-state index contributed by atoms with van der Waals surface area (Å²) in [5, 5.41) is 5.55. The van der Waals surface area contributed by atoms with Gasteiger partial charge < -0.3 is 5.32 Å². The molecule has 9 heteroatoms. The first-order chi connectivity index (χ1) is 12.2. The summed E-state index contributed by atoms with van der Waals surface area (Å²) < 4.78 is 37.7. The van der Waals surface area contributed by atoms with Crippen molar-refractivity contribution < 1.29 is 17.6 Å². The van der Waals surface area contributed by atoms with Crippen LogP contribution in [-0.4, -0.2) is 41.7 Å². The van der Waals surface area contributed by atoms with Gasteiger partial charge in [0.1, 0.15) is 11.4 Å². The minimum Gasteiger partial charge on any atom is -0.348 e. The minimum absolute atomic E-state index is 0.0200. The second-order valence-electron chi connectivity index (χ2n) is 6.71. The van der Waals surface area contributed by atoms with E-state index in [0.717, 1.165) is 0 Å². The van der Waals surface area contributed by atoms with Crippen molar-refractivity contribution in [2.24, 2.45) is 0 Å². The summed E-state index contributed by atoms with van der Waals surface area (Å²) in [5.74, 6) is -1.17. The Kier molecular flexibility index (Phi) is 4.74. The van der Waals surface area contributed by atoms with Crippen molar-refractivity contribution in [3.63, 3.8) is 0 Å². The van der Waals surface area contributed by atoms with Crippen LogP contribution in [0.1, 0.15) is 36.7 Å². The SMILES string of the molecule is CC(C)n1[nH]c(-c2ccc(F)cc2)c(C(=O)NC2CCS(=O)(=O)C2)c1=O. The van der Waals surface area contributed by atoms with E-state index in [1.165, 1.54) is 28.9 Å². The molecule has 1 amide bonds. The number of rotatable bonds is 4. The number of sulfone groups is 1. The van der Waals surface area contributed by atoms with E-state index in [0.29, 0.717) is 12.0 Å². The number of halogens is 1. The molecule has 0 bridgehead atoms. The van der Waals surface area contributed by atoms with Crippen molar-refractivity contribution in [2.45, 2.75) is 32.4 Å². The lowest BCUT2D eigenvalue weighted by atomic mass is 10.1. The number of nitrogens with zero attached hydrogens (tertiary/aromatic N) is 1. The van der Waals surface area contributed by atoms with E-state index >= 15 is 0 Å². The van der Waals surface area contributed by atoms with Gasteiger partial charge in [0, 0.05) is 17.6 Å². The first kappa shape index (κ1) is 18.4. The van der Waals surface area contributed by atoms with Gasteiger partial charge in [0.05, 0.1) is 17.2 Å². The van der Waals surface area contributed by atoms with Gasteiger partial charge in [-0.3, -0.25) is 14.7 Å². The standard InChI is InChI=1S/C17H20FN3O4S/c1-10(2)21-17(23)14(15(20-21)11-3-5-12(18)6-4-11)16(22)19-13-7-8-26(24,25)9-13/h3-6,10,13,20H,7-9H2,1-2H3,(H,19,22). The Morgan fingerprint density at radius 2 is 1.96 bits per heavy atom. The number of amides is 1. The monoisotopic (exact) mass is 381 g/mol. The van der Waals surface area contributed by atoms with Gasteiger partial charge in [-0.25, -0.2) is 17.5 Å². The Morgan fingerprint density at radius 3 is 2.50 bits per heavy atom. The van der Waals surface area contributed by atoms with Crippen molar-refractivity contribution in [2.75, 3.05) is 11.5 Å². The number of benzene rings is 1. The molecule has 140 valence electrons. The Balaban J connectivity index is 2.00. The number of aromatic amines is 1. The van der Waals surface area contributed by atoms with Gasteiger partial charge in [0.2, 0.25) is 0 Å². The molecule has 1 unspecified atom stereocenters. The summed E-state index contributed by atoms with van der Waals surface area (Å²) >= 11 is 0. The van der Waals surface area contributed by atoms with E-state index in [1.807, 2.05) is 0 Å². The molecule has 3 rings (SSSR count). The molecule has 2 aromatic rings. The predicted molar refractivity (Wildman–Crippen MR) is 95.4 cm³/mol. The number of nitrogens with one attached hydrogen (secondary N) is 2. The van der Waals surface area contributed by atoms with E-state index in [2.05, 4.69) is 10.4 Å². The lowest BCUT2D eigenvalue weighted by molar-refractivity contribution is 0.0940. The molecule has 0 saturated carbocycles. The lowest BCUT2D eigenvalue weighted by Crippen LogP contribution is -2.38. The zero-order valence-corrected chi connectivity index (χ0v) is 15.3. The molecule has 1 aliphatic heterocycles. The summed E-state index contributed by atoms with van der Waals surface area (Å²) in [6.45, 7) is 3.58. The highest BCUT2D eigenvalue weighted by Crippen LogP contribution is 2.22. The van der Waals surface area contributed by atoms with Crippen molar-refractivity contribution in [1.29, 1.82) is 0 Å². The van der Waals surface area contributed by atoms with Crippen molar-refractivity contribution in [1.82, 2.24) is 15.1 Å². The topological polar surface area (TPSA) is 101 Å². The molecule has 7 nitrogen and oxygen atoms in total. The number of hydrogen-bond donors (Lipinski definition) is 2. The predicted octanol–water partition coefficient (Wildman–Crippen LogP) is 1.48. The number of carbonyl (C=O) groups is 1. The van der Waals surface area contributed by atoms with Gasteiger partial charge in [-0.1, -0.05) is 0 Å². The van der Waals surface area contributed by atoms with E-state index in [-0.39, 0.29) is 28.8 Å². The van der Waals surface area contributed by atoms with Crippen LogP contribution in [0, 0.1) is 5.82 Å². The lowest BCUT2D eigenvalue weighted by Gasteiger charge is -2.10. The maximum atomic E-state index is 13.2. The van der Waals surface area contributed by atoms with E-state index in [1.54, 1.807) is 13.8 Å². The zero-order valence-electron chi connectivity index (χ0n) is 14.5. The van der Waals surface area contributed by atoms with E-state index in [9.17, 15) is 22.4 Å². The molecule has 1 aromatic carbocycles. The fraction of sp³-hybridized carbons (Fsp3) is 0.412. The third-order valence-electron chi connectivity index (χ3n) is 4.36. The van der Waals surface area contributed by atoms with Crippen LogP contribution in [0.5, 0.6) is 0 Å². The largest absolute Gasteiger partial charge is 0.348 e. The second kappa shape index (κ2) is 6.71. The summed E-state index contributed by atoms with van der Waals surface area (Å²) in [5.41, 5.74) is 0.168. The third kappa shape index (κ3) is 3.57. The fourth-order valence-electron chi connectivity index (χ4n) is 3.02. The van der Waals surface area contributed by atoms with E-state index < -0.39 is 33.2 Å². The normalized spacial score (nSPS) is 19.0. The smallest absolute Gasteiger partial charge is 0.280 e. The van der Waals surface area contributed by atoms with Crippen LogP contribution in [0.2, 0.25) is 0 Å². The Morgan fingerprint density at radius 1 is 1.31 bits per heavy atom. The summed E-state index contributed by atoms with van der Waals surface area (Å²) in [7, 11) is -3.16. The molecule has 26 heavy (non-hydrogen) atoms. The third-order valence-corrected chi connectivity index (χ3v) is 6.13. The van der Waals surface area contributed by atoms with Gasteiger partial charge in [0.25, 0.3) is 11.5 Å². The van der Waals surface area contributed by atoms with Crippen molar-refractivity contribution >= 4 is 15.7 Å². The highest BCUT2D eigenvalue weighted by molar-refractivity contribution is 7.91. The number of aromatic nitrogens is 2. The number of hydrogen-bond acceptors (Lipinski definition) is 4. The summed E-state index contributed by atoms with van der Waals surface area (Å²) in [6.07, 6.45) is 0.322. The van der Waals surface area contributed by atoms with Crippen molar-refractivity contribution in [3.05, 3.63) is 46.0 Å². The Hall–Kier alpha value is -2.42. The van der Waals surface area contributed by atoms with Crippen LogP contribution < -0.4 is 10.9 Å². The molecular formula is C17H20FN3O4S. The molecule has 1 atom stereocenters. The van der Waals surface area contributed by atoms with Crippen LogP contribution in [0.3, 0.4) is 0 Å². The Labute approximate surface area is 150 Å². The minimum atomic E-state index is -3.16. The molecule has 1 fully saturated rings. The molecule has 1 saturated heterocycles. The number of H-pyrrole nitrogens is 1. The fourth-order valence-corrected chi connectivity index (χ4v) is 4.69. The van der Waals surface area contributed by atoms with Crippen LogP contribution in [0.25, 0.3) is 11.3 Å². The van der Waals surface area contributed by atoms with E-state index in [4.69, 9.17) is 0 Å². The molecule has 0 spiro atoms. The van der Waals surface area contributed by atoms with Gasteiger partial charge in [-0.05, 0) is 44.5 Å². The average Bonchev–Trinajstić information content (AvgIpc) is 3.07. The molecule has 0 radical (unpaired) electrons. The number of carbonyl (C=O) groups excluding carboxylic acids is 1. The summed E-state index contributed by atoms with van der Waals surface area (Å²) in [4.78, 5) is 25.4. The highest BCUT2D eigenvalue weighted by Gasteiger charge is 2.31. The van der Waals surface area contributed by atoms with Gasteiger partial charge in [0.15, 0.2) is 9.84 Å². The van der Waals surface area contributed by atoms with Crippen molar-refractivity contribution in [3.8, 4) is 11.3 Å². The van der Waals surface area contributed by atoms with Crippen LogP contribution in [0.4, 0.5) is 4.39 Å². The average molecular weight is 381 g/mol. The molecule has 2 heterocycles. The second-order valence-corrected chi connectivity index (χ2v) is 8.94. The van der Waals surface area contributed by atoms with Crippen LogP contribution in [-0.2, 0) is 9.84 Å². The summed E-state index contributed by atoms with van der Waals surface area (Å²) in [6, 6.07) is 4.70. The first-order valence-electron chi connectivity index (χ1n) is 8.29. The van der Waals surface area contributed by atoms with Gasteiger partial charge in [-0.15, -0.1) is 0 Å². The van der Waals surface area contributed by atoms with Crippen LogP contribution in [0.15, 0.2) is 29.1 Å². The molecule has 2 N–H and O–H groups in total. The molecular weight excluding hydrogens is 361 g/mol. The van der Waals surface area contributed by atoms with Crippen LogP contribution >= 0.6 is 0 Å². The van der Waals surface area contributed by atoms with Gasteiger partial charge >= 0.3 is 0 Å². The maximum absolute atomic E-state index is 13.2. The quantitative estimate of drug-likeness (QED) is 0.838. The highest BCUT2D eigenvalue weighted by atomic mass is 32.2. The van der Waals surface area contributed by atoms with Gasteiger partial charge in [-0.2, -0.15) is 0 Å². The zero-order chi connectivity index (χ0) is 19.1. The maximum Gasteiger partial charge on any atom is 0.280 e.